The topological polar surface area (TPSA) is 41.9 Å². The molecule has 1 aliphatic heterocycles. The van der Waals surface area contributed by atoms with E-state index in [9.17, 15) is 13.6 Å². The van der Waals surface area contributed by atoms with Crippen LogP contribution in [-0.2, 0) is 4.79 Å². The van der Waals surface area contributed by atoms with E-state index < -0.39 is 6.61 Å². The van der Waals surface area contributed by atoms with E-state index in [1.807, 2.05) is 67.6 Å². The van der Waals surface area contributed by atoms with Crippen LogP contribution in [0.15, 0.2) is 94.8 Å². The fraction of sp³-hybridized carbons (Fsp3) is 0.120. The molecule has 0 saturated carbocycles. The molecular weight excluding hydrogens is 430 g/mol. The van der Waals surface area contributed by atoms with Crippen LogP contribution >= 0.6 is 11.8 Å². The van der Waals surface area contributed by atoms with Gasteiger partial charge in [-0.05, 0) is 60.2 Å². The molecule has 7 heteroatoms. The van der Waals surface area contributed by atoms with E-state index in [0.29, 0.717) is 15.6 Å². The van der Waals surface area contributed by atoms with Crippen LogP contribution < -0.4 is 4.74 Å². The third-order valence-electron chi connectivity index (χ3n) is 4.89. The number of thioether (sulfide) groups is 1. The van der Waals surface area contributed by atoms with Crippen LogP contribution in [0.5, 0.6) is 5.75 Å². The van der Waals surface area contributed by atoms with Gasteiger partial charge in [0.05, 0.1) is 16.6 Å². The van der Waals surface area contributed by atoms with Crippen molar-refractivity contribution in [3.63, 3.8) is 0 Å². The first-order valence-electron chi connectivity index (χ1n) is 9.98. The van der Waals surface area contributed by atoms with E-state index in [4.69, 9.17) is 4.99 Å². The number of rotatable bonds is 6. The van der Waals surface area contributed by atoms with Crippen LogP contribution in [0, 0.1) is 0 Å². The molecule has 0 spiro atoms. The number of para-hydroxylation sites is 1. The van der Waals surface area contributed by atoms with E-state index in [2.05, 4.69) is 4.74 Å². The van der Waals surface area contributed by atoms with Crippen molar-refractivity contribution in [3.8, 4) is 5.75 Å². The molecule has 1 saturated heterocycles. The summed E-state index contributed by atoms with van der Waals surface area (Å²) in [4.78, 5) is 20.3. The minimum atomic E-state index is -2.88. The smallest absolute Gasteiger partial charge is 0.387 e. The van der Waals surface area contributed by atoms with Gasteiger partial charge in [0.15, 0.2) is 5.17 Å². The molecule has 1 aliphatic rings. The third-order valence-corrected chi connectivity index (χ3v) is 5.87. The molecule has 1 fully saturated rings. The molecule has 0 N–H and O–H groups in total. The number of halogens is 2. The second-order valence-electron chi connectivity index (χ2n) is 7.05. The Morgan fingerprint density at radius 1 is 0.938 bits per heavy atom. The molecule has 1 atom stereocenters. The van der Waals surface area contributed by atoms with Gasteiger partial charge in [-0.25, -0.2) is 4.99 Å². The zero-order chi connectivity index (χ0) is 22.5. The summed E-state index contributed by atoms with van der Waals surface area (Å²) < 4.78 is 29.1. The SMILES string of the molecule is CC(c1ccccc1)N1C(=O)/C(=C/c2ccc(OC(F)F)cc2)SC1=Nc1ccccc1. The fourth-order valence-electron chi connectivity index (χ4n) is 3.30. The molecule has 3 aromatic rings. The summed E-state index contributed by atoms with van der Waals surface area (Å²) in [5, 5.41) is 0.585. The lowest BCUT2D eigenvalue weighted by Crippen LogP contribution is -2.32. The minimum absolute atomic E-state index is 0.0678. The van der Waals surface area contributed by atoms with Crippen LogP contribution in [0.3, 0.4) is 0 Å². The highest BCUT2D eigenvalue weighted by molar-refractivity contribution is 8.18. The number of nitrogens with zero attached hydrogens (tertiary/aromatic N) is 2. The van der Waals surface area contributed by atoms with Gasteiger partial charge in [-0.1, -0.05) is 60.7 Å². The number of ether oxygens (including phenoxy) is 1. The Labute approximate surface area is 189 Å². The summed E-state index contributed by atoms with van der Waals surface area (Å²) in [6, 6.07) is 25.2. The average molecular weight is 451 g/mol. The molecule has 3 aromatic carbocycles. The number of hydrogen-bond acceptors (Lipinski definition) is 4. The minimum Gasteiger partial charge on any atom is -0.435 e. The maximum absolute atomic E-state index is 13.4. The Morgan fingerprint density at radius 2 is 1.56 bits per heavy atom. The molecule has 162 valence electrons. The summed E-state index contributed by atoms with van der Waals surface area (Å²) in [6.45, 7) is -0.913. The molecule has 4 rings (SSSR count). The molecule has 0 bridgehead atoms. The highest BCUT2D eigenvalue weighted by Gasteiger charge is 2.37. The van der Waals surface area contributed by atoms with Gasteiger partial charge in [-0.3, -0.25) is 9.69 Å². The Hall–Kier alpha value is -3.45. The van der Waals surface area contributed by atoms with Gasteiger partial charge in [-0.2, -0.15) is 8.78 Å². The number of aliphatic imine (C=N–C) groups is 1. The normalized spacial score (nSPS) is 17.4. The van der Waals surface area contributed by atoms with Crippen molar-refractivity contribution in [1.82, 2.24) is 4.90 Å². The summed E-state index contributed by atoms with van der Waals surface area (Å²) in [6.07, 6.45) is 1.73. The predicted octanol–water partition coefficient (Wildman–Crippen LogP) is 6.65. The number of alkyl halides is 2. The van der Waals surface area contributed by atoms with Gasteiger partial charge in [-0.15, -0.1) is 0 Å². The van der Waals surface area contributed by atoms with E-state index in [-0.39, 0.29) is 17.7 Å². The van der Waals surface area contributed by atoms with Crippen LogP contribution in [0.1, 0.15) is 24.1 Å². The number of carbonyl (C=O) groups is 1. The molecule has 32 heavy (non-hydrogen) atoms. The first kappa shape index (κ1) is 21.8. The maximum atomic E-state index is 13.4. The summed E-state index contributed by atoms with van der Waals surface area (Å²) in [5.74, 6) is -0.0906. The van der Waals surface area contributed by atoms with Crippen molar-refractivity contribution in [2.24, 2.45) is 4.99 Å². The number of benzene rings is 3. The van der Waals surface area contributed by atoms with Crippen molar-refractivity contribution in [2.45, 2.75) is 19.6 Å². The number of carbonyl (C=O) groups excluding carboxylic acids is 1. The molecule has 1 unspecified atom stereocenters. The van der Waals surface area contributed by atoms with Crippen LogP contribution in [0.2, 0.25) is 0 Å². The average Bonchev–Trinajstić information content (AvgIpc) is 3.10. The van der Waals surface area contributed by atoms with Gasteiger partial charge in [0, 0.05) is 0 Å². The lowest BCUT2D eigenvalue weighted by Gasteiger charge is -2.24. The first-order chi connectivity index (χ1) is 15.5. The largest absolute Gasteiger partial charge is 0.435 e. The van der Waals surface area contributed by atoms with Crippen LogP contribution in [-0.4, -0.2) is 22.6 Å². The quantitative estimate of drug-likeness (QED) is 0.395. The number of hydrogen-bond donors (Lipinski definition) is 0. The van der Waals surface area contributed by atoms with Crippen LogP contribution in [0.4, 0.5) is 14.5 Å². The first-order valence-corrected chi connectivity index (χ1v) is 10.8. The number of amides is 1. The van der Waals surface area contributed by atoms with Gasteiger partial charge in [0.1, 0.15) is 5.75 Å². The van der Waals surface area contributed by atoms with Crippen molar-refractivity contribution >= 4 is 34.6 Å². The molecule has 1 heterocycles. The maximum Gasteiger partial charge on any atom is 0.387 e. The van der Waals surface area contributed by atoms with Gasteiger partial charge < -0.3 is 4.74 Å². The van der Waals surface area contributed by atoms with Gasteiger partial charge in [0.25, 0.3) is 5.91 Å². The lowest BCUT2D eigenvalue weighted by molar-refractivity contribution is -0.123. The highest BCUT2D eigenvalue weighted by Crippen LogP contribution is 2.39. The monoisotopic (exact) mass is 450 g/mol. The molecule has 1 amide bonds. The summed E-state index contributed by atoms with van der Waals surface area (Å²) in [7, 11) is 0. The highest BCUT2D eigenvalue weighted by atomic mass is 32.2. The zero-order valence-electron chi connectivity index (χ0n) is 17.2. The van der Waals surface area contributed by atoms with Crippen LogP contribution in [0.25, 0.3) is 6.08 Å². The van der Waals surface area contributed by atoms with E-state index in [0.717, 1.165) is 11.3 Å². The standard InChI is InChI=1S/C25H20F2N2O2S/c1-17(19-8-4-2-5-9-19)29-23(30)22(32-25(29)28-20-10-6-3-7-11-20)16-18-12-14-21(15-13-18)31-24(26)27/h2-17,24H,1H3/b22-16-,28-25?. The Bertz CT molecular complexity index is 1130. The van der Waals surface area contributed by atoms with E-state index in [1.54, 1.807) is 23.1 Å². The second kappa shape index (κ2) is 9.78. The fourth-order valence-corrected chi connectivity index (χ4v) is 4.36. The third kappa shape index (κ3) is 5.06. The number of amidine groups is 1. The molecule has 0 radical (unpaired) electrons. The molecule has 4 nitrogen and oxygen atoms in total. The molecule has 0 aromatic heterocycles. The predicted molar refractivity (Wildman–Crippen MR) is 124 cm³/mol. The Morgan fingerprint density at radius 3 is 2.19 bits per heavy atom. The van der Waals surface area contributed by atoms with E-state index >= 15 is 0 Å². The van der Waals surface area contributed by atoms with Crippen molar-refractivity contribution in [3.05, 3.63) is 101 Å². The Balaban J connectivity index is 1.67. The second-order valence-corrected chi connectivity index (χ2v) is 8.06. The molecular formula is C25H20F2N2O2S. The summed E-state index contributed by atoms with van der Waals surface area (Å²) >= 11 is 1.29. The van der Waals surface area contributed by atoms with E-state index in [1.165, 1.54) is 23.9 Å². The lowest BCUT2D eigenvalue weighted by atomic mass is 10.1. The molecule has 0 aliphatic carbocycles. The van der Waals surface area contributed by atoms with Gasteiger partial charge >= 0.3 is 6.61 Å². The van der Waals surface area contributed by atoms with Crippen molar-refractivity contribution < 1.29 is 18.3 Å². The Kier molecular flexibility index (Phi) is 6.66. The summed E-state index contributed by atoms with van der Waals surface area (Å²) in [5.41, 5.74) is 2.45. The van der Waals surface area contributed by atoms with Gasteiger partial charge in [0.2, 0.25) is 0 Å². The zero-order valence-corrected chi connectivity index (χ0v) is 18.0. The van der Waals surface area contributed by atoms with Crippen molar-refractivity contribution in [2.75, 3.05) is 0 Å². The van der Waals surface area contributed by atoms with Crippen molar-refractivity contribution in [1.29, 1.82) is 0 Å².